The predicted molar refractivity (Wildman–Crippen MR) is 107 cm³/mol. The number of hydrogen-bond acceptors (Lipinski definition) is 2. The second-order valence-electron chi connectivity index (χ2n) is 8.27. The van der Waals surface area contributed by atoms with Gasteiger partial charge in [0.05, 0.1) is 16.6 Å². The number of benzene rings is 2. The highest BCUT2D eigenvalue weighted by atomic mass is 19.4. The first-order chi connectivity index (χ1) is 14.4. The summed E-state index contributed by atoms with van der Waals surface area (Å²) in [6, 6.07) is 13.5. The zero-order valence-electron chi connectivity index (χ0n) is 16.3. The number of para-hydroxylation sites is 2. The van der Waals surface area contributed by atoms with Crippen LogP contribution in [-0.2, 0) is 11.0 Å². The highest BCUT2D eigenvalue weighted by molar-refractivity contribution is 5.83. The molecule has 2 aliphatic rings. The van der Waals surface area contributed by atoms with E-state index in [1.807, 2.05) is 29.2 Å². The minimum absolute atomic E-state index is 0.0139. The van der Waals surface area contributed by atoms with E-state index in [1.54, 1.807) is 6.07 Å². The van der Waals surface area contributed by atoms with Crippen LogP contribution < -0.4 is 0 Å². The van der Waals surface area contributed by atoms with Crippen molar-refractivity contribution in [1.29, 1.82) is 0 Å². The van der Waals surface area contributed by atoms with Gasteiger partial charge in [0.1, 0.15) is 5.82 Å². The van der Waals surface area contributed by atoms with Gasteiger partial charge in [-0.2, -0.15) is 13.2 Å². The molecule has 1 saturated carbocycles. The second-order valence-corrected chi connectivity index (χ2v) is 8.27. The molecule has 7 heteroatoms. The van der Waals surface area contributed by atoms with Crippen molar-refractivity contribution in [1.82, 2.24) is 14.9 Å². The van der Waals surface area contributed by atoms with Gasteiger partial charge in [-0.15, -0.1) is 0 Å². The normalized spacial score (nSPS) is 22.4. The van der Waals surface area contributed by atoms with Gasteiger partial charge in [0, 0.05) is 24.9 Å². The molecule has 0 bridgehead atoms. The van der Waals surface area contributed by atoms with E-state index in [4.69, 9.17) is 0 Å². The molecule has 1 saturated heterocycles. The molecule has 4 nitrogen and oxygen atoms in total. The summed E-state index contributed by atoms with van der Waals surface area (Å²) in [6.45, 7) is 1.23. The van der Waals surface area contributed by atoms with Crippen LogP contribution in [0.1, 0.15) is 48.0 Å². The average molecular weight is 413 g/mol. The number of piperidine rings is 1. The molecule has 2 unspecified atom stereocenters. The van der Waals surface area contributed by atoms with Gasteiger partial charge in [-0.3, -0.25) is 4.79 Å². The fraction of sp³-hybridized carbons (Fsp3) is 0.391. The van der Waals surface area contributed by atoms with Crippen LogP contribution in [0.15, 0.2) is 48.5 Å². The lowest BCUT2D eigenvalue weighted by Gasteiger charge is -2.31. The topological polar surface area (TPSA) is 49.0 Å². The summed E-state index contributed by atoms with van der Waals surface area (Å²) in [5.41, 5.74) is 1.58. The van der Waals surface area contributed by atoms with Crippen molar-refractivity contribution in [2.75, 3.05) is 13.1 Å². The largest absolute Gasteiger partial charge is 0.416 e. The fourth-order valence-electron chi connectivity index (χ4n) is 4.66. The first-order valence-electron chi connectivity index (χ1n) is 10.3. The Hall–Kier alpha value is -2.83. The molecule has 0 radical (unpaired) electrons. The van der Waals surface area contributed by atoms with Crippen molar-refractivity contribution in [2.45, 2.75) is 37.3 Å². The van der Waals surface area contributed by atoms with Crippen LogP contribution in [-0.4, -0.2) is 33.9 Å². The van der Waals surface area contributed by atoms with Gasteiger partial charge in [-0.05, 0) is 48.9 Å². The highest BCUT2D eigenvalue weighted by Gasteiger charge is 2.49. The summed E-state index contributed by atoms with van der Waals surface area (Å²) < 4.78 is 39.9. The van der Waals surface area contributed by atoms with Crippen LogP contribution in [0.5, 0.6) is 0 Å². The van der Waals surface area contributed by atoms with E-state index in [2.05, 4.69) is 9.97 Å². The zero-order chi connectivity index (χ0) is 20.9. The molecule has 1 aliphatic heterocycles. The second kappa shape index (κ2) is 7.15. The Morgan fingerprint density at radius 3 is 2.47 bits per heavy atom. The number of aromatic nitrogens is 2. The number of hydrogen-bond donors (Lipinski definition) is 1. The molecule has 1 amide bonds. The lowest BCUT2D eigenvalue weighted by atomic mass is 9.95. The molecule has 2 heterocycles. The van der Waals surface area contributed by atoms with E-state index < -0.39 is 11.7 Å². The van der Waals surface area contributed by atoms with Gasteiger partial charge in [-0.1, -0.05) is 30.3 Å². The van der Waals surface area contributed by atoms with Crippen LogP contribution in [0.25, 0.3) is 11.0 Å². The number of carbonyl (C=O) groups is 1. The number of imidazole rings is 1. The van der Waals surface area contributed by atoms with Crippen molar-refractivity contribution in [3.63, 3.8) is 0 Å². The molecular weight excluding hydrogens is 391 g/mol. The van der Waals surface area contributed by atoms with E-state index in [0.717, 1.165) is 35.8 Å². The first kappa shape index (κ1) is 19.2. The van der Waals surface area contributed by atoms with Crippen LogP contribution in [0.3, 0.4) is 0 Å². The number of rotatable bonds is 3. The Bertz CT molecular complexity index is 1050. The van der Waals surface area contributed by atoms with Crippen LogP contribution in [0, 0.1) is 5.92 Å². The molecule has 2 aromatic carbocycles. The average Bonchev–Trinajstić information content (AvgIpc) is 3.43. The minimum atomic E-state index is -4.39. The molecule has 1 aromatic heterocycles. The first-order valence-corrected chi connectivity index (χ1v) is 10.3. The molecule has 3 aromatic rings. The number of fused-ring (bicyclic) bond motifs is 1. The van der Waals surface area contributed by atoms with Gasteiger partial charge in [0.2, 0.25) is 5.91 Å². The standard InChI is InChI=1S/C23H22F3N3O/c24-23(25,26)18-6-2-1-5-15(18)16-13-17(16)22(30)29-11-9-14(10-12-29)21-27-19-7-3-4-8-20(19)28-21/h1-8,14,16-17H,9-13H2,(H,27,28). The third-order valence-corrected chi connectivity index (χ3v) is 6.37. The Balaban J connectivity index is 1.23. The van der Waals surface area contributed by atoms with Crippen molar-refractivity contribution < 1.29 is 18.0 Å². The van der Waals surface area contributed by atoms with Gasteiger partial charge >= 0.3 is 6.18 Å². The summed E-state index contributed by atoms with van der Waals surface area (Å²) >= 11 is 0. The summed E-state index contributed by atoms with van der Waals surface area (Å²) in [7, 11) is 0. The molecule has 30 heavy (non-hydrogen) atoms. The molecule has 2 fully saturated rings. The Morgan fingerprint density at radius 2 is 1.73 bits per heavy atom. The molecular formula is C23H22F3N3O. The molecule has 1 aliphatic carbocycles. The van der Waals surface area contributed by atoms with Crippen molar-refractivity contribution >= 4 is 16.9 Å². The van der Waals surface area contributed by atoms with E-state index in [0.29, 0.717) is 19.5 Å². The number of likely N-dealkylation sites (tertiary alicyclic amines) is 1. The third-order valence-electron chi connectivity index (χ3n) is 6.37. The third kappa shape index (κ3) is 3.46. The van der Waals surface area contributed by atoms with Crippen molar-refractivity contribution in [3.8, 4) is 0 Å². The van der Waals surface area contributed by atoms with Gasteiger partial charge < -0.3 is 9.88 Å². The predicted octanol–water partition coefficient (Wildman–Crippen LogP) is 5.09. The quantitative estimate of drug-likeness (QED) is 0.650. The number of amides is 1. The number of carbonyl (C=O) groups excluding carboxylic acids is 1. The Morgan fingerprint density at radius 1 is 1.03 bits per heavy atom. The van der Waals surface area contributed by atoms with Gasteiger partial charge in [0.15, 0.2) is 0 Å². The summed E-state index contributed by atoms with van der Waals surface area (Å²) in [6.07, 6.45) is -2.28. The minimum Gasteiger partial charge on any atom is -0.342 e. The number of alkyl halides is 3. The summed E-state index contributed by atoms with van der Waals surface area (Å²) in [5.74, 6) is 0.536. The number of H-pyrrole nitrogens is 1. The van der Waals surface area contributed by atoms with Crippen LogP contribution in [0.2, 0.25) is 0 Å². The maximum atomic E-state index is 13.3. The summed E-state index contributed by atoms with van der Waals surface area (Å²) in [4.78, 5) is 22.8. The van der Waals surface area contributed by atoms with E-state index in [-0.39, 0.29) is 29.2 Å². The smallest absolute Gasteiger partial charge is 0.342 e. The highest BCUT2D eigenvalue weighted by Crippen LogP contribution is 2.52. The van der Waals surface area contributed by atoms with Crippen LogP contribution >= 0.6 is 0 Å². The van der Waals surface area contributed by atoms with Crippen molar-refractivity contribution in [3.05, 3.63) is 65.5 Å². The number of halogens is 3. The molecule has 2 atom stereocenters. The SMILES string of the molecule is O=C(C1CC1c1ccccc1C(F)(F)F)N1CCC(c2nc3ccccc3[nH]2)CC1. The fourth-order valence-corrected chi connectivity index (χ4v) is 4.66. The number of nitrogens with zero attached hydrogens (tertiary/aromatic N) is 2. The maximum absolute atomic E-state index is 13.3. The van der Waals surface area contributed by atoms with E-state index >= 15 is 0 Å². The molecule has 1 N–H and O–H groups in total. The number of nitrogens with one attached hydrogen (secondary N) is 1. The monoisotopic (exact) mass is 413 g/mol. The molecule has 5 rings (SSSR count). The van der Waals surface area contributed by atoms with Gasteiger partial charge in [0.25, 0.3) is 0 Å². The Kier molecular flexibility index (Phi) is 4.56. The maximum Gasteiger partial charge on any atom is 0.416 e. The van der Waals surface area contributed by atoms with E-state index in [1.165, 1.54) is 12.1 Å². The van der Waals surface area contributed by atoms with Crippen LogP contribution in [0.4, 0.5) is 13.2 Å². The number of aromatic amines is 1. The molecule has 0 spiro atoms. The lowest BCUT2D eigenvalue weighted by molar-refractivity contribution is -0.139. The lowest BCUT2D eigenvalue weighted by Crippen LogP contribution is -2.39. The van der Waals surface area contributed by atoms with E-state index in [9.17, 15) is 18.0 Å². The zero-order valence-corrected chi connectivity index (χ0v) is 16.3. The Labute approximate surface area is 172 Å². The molecule has 156 valence electrons. The van der Waals surface area contributed by atoms with Gasteiger partial charge in [-0.25, -0.2) is 4.98 Å². The van der Waals surface area contributed by atoms with Crippen molar-refractivity contribution in [2.24, 2.45) is 5.92 Å². The summed E-state index contributed by atoms with van der Waals surface area (Å²) in [5, 5.41) is 0.